The highest BCUT2D eigenvalue weighted by atomic mass is 32.3. The van der Waals surface area contributed by atoms with Gasteiger partial charge in [-0.2, -0.15) is 13.5 Å². The van der Waals surface area contributed by atoms with Crippen LogP contribution >= 0.6 is 0 Å². The molecule has 0 aromatic carbocycles. The van der Waals surface area contributed by atoms with Crippen molar-refractivity contribution in [2.24, 2.45) is 10.8 Å². The molecule has 2 aliphatic carbocycles. The van der Waals surface area contributed by atoms with Crippen LogP contribution in [0.2, 0.25) is 0 Å². The van der Waals surface area contributed by atoms with E-state index in [0.29, 0.717) is 37.5 Å². The molecule has 4 bridgehead atoms. The molecule has 8 aliphatic rings. The fraction of sp³-hybridized carbons (Fsp3) is 0.895. The molecular formula is C57H102N9O12S+. The van der Waals surface area contributed by atoms with E-state index < -0.39 is 39.7 Å². The number of fused-ring (bicyclic) bond motifs is 4. The molecule has 4 atom stereocenters. The van der Waals surface area contributed by atoms with Crippen LogP contribution in [0, 0.1) is 10.8 Å². The van der Waals surface area contributed by atoms with Gasteiger partial charge in [-0.3, -0.25) is 14.1 Å². The number of rotatable bonds is 18. The second-order valence-electron chi connectivity index (χ2n) is 26.7. The number of hydroxylamine groups is 2. The first-order chi connectivity index (χ1) is 37.1. The lowest BCUT2D eigenvalue weighted by atomic mass is 9.67. The van der Waals surface area contributed by atoms with Crippen molar-refractivity contribution in [2.75, 3.05) is 72.5 Å². The summed E-state index contributed by atoms with van der Waals surface area (Å²) in [6, 6.07) is -1.91. The molecule has 6 heterocycles. The number of carbonyl (C=O) groups is 6. The number of piperidine rings is 2. The Bertz CT molecular complexity index is 2150. The number of likely N-dealkylation sites (tertiary alicyclic amines) is 2. The number of carbonyl (C=O) groups excluding carboxylic acids is 6. The van der Waals surface area contributed by atoms with Crippen LogP contribution in [0.1, 0.15) is 198 Å². The zero-order valence-corrected chi connectivity index (χ0v) is 51.0. The van der Waals surface area contributed by atoms with Crippen molar-refractivity contribution in [2.45, 2.75) is 245 Å². The highest BCUT2D eigenvalue weighted by molar-refractivity contribution is 7.80. The van der Waals surface area contributed by atoms with Gasteiger partial charge in [-0.25, -0.2) is 19.2 Å². The SMILES string of the molecule is CC(C)(C)OC(=O)N1CC2(CCC(NC(=O)[C@@H]3CC[C@@H]4CN3C(=O)N4OS(=O)(=O)O)CC2)C1.CCCC[N+](CCCC)(CCCC)CCCC.CN1C(=O)N2C[C@H]1CC[C@H]2C(=O)NC1CCC2(CC1)CN(C(=O)OC(C)(C)C)C2. The van der Waals surface area contributed by atoms with Gasteiger partial charge in [0.1, 0.15) is 23.3 Å². The summed E-state index contributed by atoms with van der Waals surface area (Å²) in [5.74, 6) is -0.266. The summed E-state index contributed by atoms with van der Waals surface area (Å²) in [5, 5.41) is 6.88. The molecule has 0 aromatic rings. The monoisotopic (exact) mass is 1140 g/mol. The first-order valence-corrected chi connectivity index (χ1v) is 31.6. The highest BCUT2D eigenvalue weighted by Gasteiger charge is 2.53. The number of likely N-dealkylation sites (N-methyl/N-ethyl adjacent to an activating group) is 1. The Hall–Kier alpha value is -4.15. The van der Waals surface area contributed by atoms with Crippen molar-refractivity contribution in [1.29, 1.82) is 0 Å². The number of quaternary nitrogens is 1. The van der Waals surface area contributed by atoms with Crippen molar-refractivity contribution < 1.29 is 60.0 Å². The fourth-order valence-corrected chi connectivity index (χ4v) is 13.7. The molecule has 6 saturated heterocycles. The minimum absolute atomic E-state index is 0.00274. The number of ether oxygens (including phenoxy) is 2. The van der Waals surface area contributed by atoms with Crippen LogP contribution in [-0.2, 0) is 33.7 Å². The van der Waals surface area contributed by atoms with E-state index in [4.69, 9.17) is 14.0 Å². The number of hydrogen-bond acceptors (Lipinski definition) is 11. The van der Waals surface area contributed by atoms with Crippen LogP contribution in [0.5, 0.6) is 0 Å². The van der Waals surface area contributed by atoms with Gasteiger partial charge >= 0.3 is 34.6 Å². The smallest absolute Gasteiger partial charge is 0.418 e. The molecule has 2 spiro atoms. The van der Waals surface area contributed by atoms with Gasteiger partial charge in [0.05, 0.1) is 38.3 Å². The summed E-state index contributed by atoms with van der Waals surface area (Å²) in [4.78, 5) is 83.3. The van der Waals surface area contributed by atoms with Crippen LogP contribution in [0.25, 0.3) is 0 Å². The van der Waals surface area contributed by atoms with E-state index in [0.717, 1.165) is 77.3 Å². The number of unbranched alkanes of at least 4 members (excludes halogenated alkanes) is 4. The van der Waals surface area contributed by atoms with Crippen LogP contribution in [-0.4, -0.2) is 203 Å². The first-order valence-electron chi connectivity index (χ1n) is 30.3. The maximum absolute atomic E-state index is 12.9. The molecule has 0 unspecified atom stereocenters. The summed E-state index contributed by atoms with van der Waals surface area (Å²) in [6.45, 7) is 29.9. The summed E-state index contributed by atoms with van der Waals surface area (Å²) >= 11 is 0. The average Bonchev–Trinajstić information content (AvgIpc) is 3.87. The van der Waals surface area contributed by atoms with Crippen LogP contribution in [0.4, 0.5) is 19.2 Å². The third kappa shape index (κ3) is 17.2. The highest BCUT2D eigenvalue weighted by Crippen LogP contribution is 2.46. The first kappa shape index (κ1) is 64.0. The molecule has 0 radical (unpaired) electrons. The average molecular weight is 1140 g/mol. The van der Waals surface area contributed by atoms with Gasteiger partial charge in [-0.05, 0) is 144 Å². The molecule has 6 aliphatic heterocycles. The summed E-state index contributed by atoms with van der Waals surface area (Å²) in [6.07, 6.45) is 20.2. The van der Waals surface area contributed by atoms with Gasteiger partial charge in [-0.1, -0.05) is 53.4 Å². The van der Waals surface area contributed by atoms with Crippen LogP contribution in [0.15, 0.2) is 0 Å². The minimum atomic E-state index is -4.82. The molecule has 2 saturated carbocycles. The van der Waals surface area contributed by atoms with Gasteiger partial charge in [-0.15, -0.1) is 4.28 Å². The van der Waals surface area contributed by atoms with Crippen LogP contribution < -0.4 is 10.6 Å². The van der Waals surface area contributed by atoms with Gasteiger partial charge in [0.25, 0.3) is 0 Å². The summed E-state index contributed by atoms with van der Waals surface area (Å²) < 4.78 is 47.6. The molecular weight excluding hydrogens is 1030 g/mol. The fourth-order valence-electron chi connectivity index (χ4n) is 13.3. The maximum Gasteiger partial charge on any atom is 0.418 e. The summed E-state index contributed by atoms with van der Waals surface area (Å²) in [5.41, 5.74) is -0.724. The quantitative estimate of drug-likeness (QED) is 0.0868. The van der Waals surface area contributed by atoms with Gasteiger partial charge in [0.15, 0.2) is 0 Å². The van der Waals surface area contributed by atoms with Crippen molar-refractivity contribution in [3.8, 4) is 0 Å². The van der Waals surface area contributed by atoms with Gasteiger partial charge in [0.2, 0.25) is 11.8 Å². The zero-order chi connectivity index (χ0) is 58.1. The normalized spacial score (nSPS) is 25.4. The van der Waals surface area contributed by atoms with Gasteiger partial charge in [0, 0.05) is 69.2 Å². The van der Waals surface area contributed by atoms with E-state index >= 15 is 0 Å². The minimum Gasteiger partial charge on any atom is -0.444 e. The van der Waals surface area contributed by atoms with Crippen LogP contribution in [0.3, 0.4) is 0 Å². The number of hydrogen-bond donors (Lipinski definition) is 3. The predicted molar refractivity (Wildman–Crippen MR) is 301 cm³/mol. The Morgan fingerprint density at radius 2 is 0.937 bits per heavy atom. The third-order valence-electron chi connectivity index (χ3n) is 17.9. The van der Waals surface area contributed by atoms with E-state index in [9.17, 15) is 37.2 Å². The maximum atomic E-state index is 12.9. The van der Waals surface area contributed by atoms with E-state index in [1.54, 1.807) is 19.6 Å². The number of nitrogens with one attached hydrogen (secondary N) is 2. The molecule has 21 nitrogen and oxygen atoms in total. The summed E-state index contributed by atoms with van der Waals surface area (Å²) in [7, 11) is -2.99. The molecule has 3 N–H and O–H groups in total. The molecule has 79 heavy (non-hydrogen) atoms. The zero-order valence-electron chi connectivity index (χ0n) is 50.2. The molecule has 0 aromatic heterocycles. The molecule has 8 fully saturated rings. The Morgan fingerprint density at radius 3 is 1.29 bits per heavy atom. The number of amides is 8. The van der Waals surface area contributed by atoms with E-state index in [1.807, 2.05) is 48.6 Å². The Labute approximate surface area is 473 Å². The van der Waals surface area contributed by atoms with Gasteiger partial charge < -0.3 is 49.1 Å². The Morgan fingerprint density at radius 1 is 0.582 bits per heavy atom. The third-order valence-corrected chi connectivity index (χ3v) is 18.2. The second-order valence-corrected chi connectivity index (χ2v) is 27.7. The molecule has 452 valence electrons. The molecule has 8 amide bonds. The van der Waals surface area contributed by atoms with Crippen molar-refractivity contribution in [3.05, 3.63) is 0 Å². The van der Waals surface area contributed by atoms with Crippen molar-refractivity contribution in [1.82, 2.24) is 40.2 Å². The lowest BCUT2D eigenvalue weighted by Crippen LogP contribution is -2.61. The van der Waals surface area contributed by atoms with E-state index in [2.05, 4.69) is 42.6 Å². The Balaban J connectivity index is 0.000000202. The number of nitrogens with zero attached hydrogens (tertiary/aromatic N) is 7. The lowest BCUT2D eigenvalue weighted by molar-refractivity contribution is -0.929. The lowest BCUT2D eigenvalue weighted by Gasteiger charge is -2.53. The molecule has 8 rings (SSSR count). The molecule has 22 heteroatoms. The van der Waals surface area contributed by atoms with E-state index in [-0.39, 0.29) is 71.6 Å². The van der Waals surface area contributed by atoms with Crippen molar-refractivity contribution >= 4 is 46.5 Å². The van der Waals surface area contributed by atoms with E-state index in [1.165, 1.54) is 86.9 Å². The topological polar surface area (TPSA) is 228 Å². The second kappa shape index (κ2) is 26.8. The Kier molecular flexibility index (Phi) is 21.7. The predicted octanol–water partition coefficient (Wildman–Crippen LogP) is 8.47. The largest absolute Gasteiger partial charge is 0.444 e. The standard InChI is InChI=1S/C21H34N4O4.C20H32N4O8S.C16H36N/c1-20(2,3)29-19(28)24-12-21(13-24)9-7-14(8-10-21)22-17(26)16-6-5-15-11-25(16)18(27)23(15)4;1-19(2,3)31-18(27)22-11-20(12-22)8-6-13(7-9-20)21-16(25)15-5-4-14-10-23(15)17(26)24(14)32-33(28,29)30;1-5-9-13-17(14-10-6-2,15-11-7-3)16-12-8-4/h14-16H,5-13H2,1-4H3,(H,22,26);13-15H,4-12H2,1-3H3,(H,21,25)(H,28,29,30);5-16H2,1-4H3/q;;+1/t15-,16+;14-,15+;/m11./s1. The van der Waals surface area contributed by atoms with Crippen molar-refractivity contribution in [3.63, 3.8) is 0 Å². The number of urea groups is 2.